The van der Waals surface area contributed by atoms with Gasteiger partial charge in [0.2, 0.25) is 5.24 Å². The monoisotopic (exact) mass is 191 g/mol. The number of carbonyl (C=O) groups is 1. The molecule has 1 aromatic rings. The molecule has 0 aromatic carbocycles. The fourth-order valence-electron chi connectivity index (χ4n) is 0.668. The average Bonchev–Trinajstić information content (AvgIpc) is 2.34. The van der Waals surface area contributed by atoms with Crippen LogP contribution in [-0.4, -0.2) is 16.7 Å². The van der Waals surface area contributed by atoms with Gasteiger partial charge in [0.05, 0.1) is 18.9 Å². The molecule has 0 aliphatic heterocycles. The van der Waals surface area contributed by atoms with E-state index in [2.05, 4.69) is 4.37 Å². The number of rotatable bonds is 3. The molecule has 0 unspecified atom stereocenters. The van der Waals surface area contributed by atoms with Crippen LogP contribution >= 0.6 is 23.1 Å². The minimum atomic E-state index is -0.422. The van der Waals surface area contributed by atoms with Gasteiger partial charge in [-0.25, -0.2) is 0 Å². The van der Waals surface area contributed by atoms with Crippen molar-refractivity contribution in [3.8, 4) is 5.75 Å². The summed E-state index contributed by atoms with van der Waals surface area (Å²) >= 11 is 6.42. The molecule has 0 bridgehead atoms. The first-order valence-corrected chi connectivity index (χ1v) is 4.11. The van der Waals surface area contributed by atoms with Crippen molar-refractivity contribution >= 4 is 28.4 Å². The molecular formula is C6H6ClNO2S. The second-order valence-electron chi connectivity index (χ2n) is 1.86. The lowest BCUT2D eigenvalue weighted by atomic mass is 10.3. The third kappa shape index (κ3) is 2.17. The molecule has 0 atom stereocenters. The Bertz CT molecular complexity index is 261. The molecule has 1 heterocycles. The van der Waals surface area contributed by atoms with E-state index in [1.807, 2.05) is 0 Å². The van der Waals surface area contributed by atoms with Gasteiger partial charge in [-0.1, -0.05) is 0 Å². The number of carbonyl (C=O) groups excluding carboxylic acids is 1. The first-order chi connectivity index (χ1) is 5.24. The van der Waals surface area contributed by atoms with E-state index in [0.717, 1.165) is 0 Å². The van der Waals surface area contributed by atoms with Gasteiger partial charge >= 0.3 is 0 Å². The minimum absolute atomic E-state index is 0.133. The van der Waals surface area contributed by atoms with Crippen LogP contribution in [0.3, 0.4) is 0 Å². The predicted octanol–water partition coefficient (Wildman–Crippen LogP) is 1.46. The van der Waals surface area contributed by atoms with Crippen molar-refractivity contribution in [3.63, 3.8) is 0 Å². The largest absolute Gasteiger partial charge is 0.494 e. The van der Waals surface area contributed by atoms with Crippen LogP contribution in [0.15, 0.2) is 5.38 Å². The van der Waals surface area contributed by atoms with Crippen molar-refractivity contribution in [1.29, 1.82) is 0 Å². The van der Waals surface area contributed by atoms with Crippen LogP contribution in [0.25, 0.3) is 0 Å². The molecule has 0 saturated carbocycles. The summed E-state index contributed by atoms with van der Waals surface area (Å²) in [5, 5.41) is 1.31. The quantitative estimate of drug-likeness (QED) is 0.680. The number of hydrogen-bond donors (Lipinski definition) is 0. The van der Waals surface area contributed by atoms with Gasteiger partial charge in [0.1, 0.15) is 5.69 Å². The van der Waals surface area contributed by atoms with Crippen LogP contribution in [0.2, 0.25) is 0 Å². The average molecular weight is 192 g/mol. The molecule has 0 aliphatic rings. The molecule has 1 rings (SSSR count). The van der Waals surface area contributed by atoms with Gasteiger partial charge in [-0.2, -0.15) is 4.37 Å². The molecule has 5 heteroatoms. The van der Waals surface area contributed by atoms with E-state index >= 15 is 0 Å². The normalized spacial score (nSPS) is 9.64. The van der Waals surface area contributed by atoms with E-state index in [1.54, 1.807) is 5.38 Å². The highest BCUT2D eigenvalue weighted by molar-refractivity contribution is 7.03. The molecule has 0 amide bonds. The first-order valence-electron chi connectivity index (χ1n) is 2.89. The Morgan fingerprint density at radius 2 is 2.64 bits per heavy atom. The molecule has 0 N–H and O–H groups in total. The summed E-state index contributed by atoms with van der Waals surface area (Å²) < 4.78 is 8.86. The Kier molecular flexibility index (Phi) is 2.84. The Labute approximate surface area is 73.1 Å². The highest BCUT2D eigenvalue weighted by Crippen LogP contribution is 2.19. The third-order valence-electron chi connectivity index (χ3n) is 1.13. The summed E-state index contributed by atoms with van der Waals surface area (Å²) in [7, 11) is 1.53. The van der Waals surface area contributed by atoms with Gasteiger partial charge in [0.25, 0.3) is 0 Å². The summed E-state index contributed by atoms with van der Waals surface area (Å²) in [5.41, 5.74) is 0.609. The van der Waals surface area contributed by atoms with Crippen molar-refractivity contribution < 1.29 is 9.53 Å². The zero-order chi connectivity index (χ0) is 8.27. The Balaban J connectivity index is 2.76. The van der Waals surface area contributed by atoms with Crippen LogP contribution in [0.4, 0.5) is 0 Å². The second-order valence-corrected chi connectivity index (χ2v) is 2.91. The maximum absolute atomic E-state index is 10.5. The number of ether oxygens (including phenoxy) is 1. The van der Waals surface area contributed by atoms with Gasteiger partial charge < -0.3 is 4.74 Å². The van der Waals surface area contributed by atoms with Crippen molar-refractivity contribution in [2.45, 2.75) is 6.42 Å². The number of halogens is 1. The van der Waals surface area contributed by atoms with Crippen molar-refractivity contribution in [2.24, 2.45) is 0 Å². The molecule has 0 radical (unpaired) electrons. The van der Waals surface area contributed by atoms with E-state index in [1.165, 1.54) is 18.6 Å². The van der Waals surface area contributed by atoms with Gasteiger partial charge in [-0.3, -0.25) is 4.79 Å². The highest BCUT2D eigenvalue weighted by atomic mass is 35.5. The molecule has 60 valence electrons. The molecule has 11 heavy (non-hydrogen) atoms. The van der Waals surface area contributed by atoms with E-state index < -0.39 is 5.24 Å². The third-order valence-corrected chi connectivity index (χ3v) is 1.91. The molecular weight excluding hydrogens is 186 g/mol. The van der Waals surface area contributed by atoms with Crippen LogP contribution in [0, 0.1) is 0 Å². The minimum Gasteiger partial charge on any atom is -0.494 e. The summed E-state index contributed by atoms with van der Waals surface area (Å²) in [5.74, 6) is 0.629. The van der Waals surface area contributed by atoms with Crippen LogP contribution in [-0.2, 0) is 11.2 Å². The summed E-state index contributed by atoms with van der Waals surface area (Å²) in [4.78, 5) is 10.5. The van der Waals surface area contributed by atoms with E-state index in [-0.39, 0.29) is 6.42 Å². The lowest BCUT2D eigenvalue weighted by Gasteiger charge is -1.95. The highest BCUT2D eigenvalue weighted by Gasteiger charge is 2.08. The fraction of sp³-hybridized carbons (Fsp3) is 0.333. The standard InChI is InChI=1S/C6H6ClNO2S/c1-10-5-3-11-8-4(5)2-6(7)9/h3H,2H2,1H3. The number of aromatic nitrogens is 1. The van der Waals surface area contributed by atoms with Crippen molar-refractivity contribution in [2.75, 3.05) is 7.11 Å². The lowest BCUT2D eigenvalue weighted by molar-refractivity contribution is -0.111. The molecule has 1 aromatic heterocycles. The van der Waals surface area contributed by atoms with Gasteiger partial charge in [0, 0.05) is 0 Å². The van der Waals surface area contributed by atoms with Gasteiger partial charge in [0.15, 0.2) is 5.75 Å². The number of hydrogen-bond acceptors (Lipinski definition) is 4. The lowest BCUT2D eigenvalue weighted by Crippen LogP contribution is -1.95. The predicted molar refractivity (Wildman–Crippen MR) is 43.2 cm³/mol. The topological polar surface area (TPSA) is 39.2 Å². The Morgan fingerprint density at radius 3 is 3.18 bits per heavy atom. The smallest absolute Gasteiger partial charge is 0.227 e. The van der Waals surface area contributed by atoms with Crippen molar-refractivity contribution in [1.82, 2.24) is 4.37 Å². The van der Waals surface area contributed by atoms with Gasteiger partial charge in [-0.05, 0) is 23.1 Å². The fourth-order valence-corrected chi connectivity index (χ4v) is 1.46. The SMILES string of the molecule is COc1csnc1CC(=O)Cl. The summed E-state index contributed by atoms with van der Waals surface area (Å²) in [6, 6.07) is 0. The van der Waals surface area contributed by atoms with Gasteiger partial charge in [-0.15, -0.1) is 0 Å². The van der Waals surface area contributed by atoms with Crippen LogP contribution < -0.4 is 4.74 Å². The van der Waals surface area contributed by atoms with Crippen molar-refractivity contribution in [3.05, 3.63) is 11.1 Å². The first kappa shape index (κ1) is 8.49. The maximum atomic E-state index is 10.5. The van der Waals surface area contributed by atoms with Crippen LogP contribution in [0.1, 0.15) is 5.69 Å². The van der Waals surface area contributed by atoms with E-state index in [4.69, 9.17) is 16.3 Å². The number of nitrogens with zero attached hydrogens (tertiary/aromatic N) is 1. The zero-order valence-electron chi connectivity index (χ0n) is 5.83. The second kappa shape index (κ2) is 3.69. The maximum Gasteiger partial charge on any atom is 0.227 e. The van der Waals surface area contributed by atoms with Crippen LogP contribution in [0.5, 0.6) is 5.75 Å². The molecule has 3 nitrogen and oxygen atoms in total. The van der Waals surface area contributed by atoms with E-state index in [0.29, 0.717) is 11.4 Å². The molecule has 0 spiro atoms. The van der Waals surface area contributed by atoms with E-state index in [9.17, 15) is 4.79 Å². The number of methoxy groups -OCH3 is 1. The Hall–Kier alpha value is -0.610. The molecule has 0 saturated heterocycles. The summed E-state index contributed by atoms with van der Waals surface area (Å²) in [6.45, 7) is 0. The zero-order valence-corrected chi connectivity index (χ0v) is 7.41. The molecule has 0 fully saturated rings. The molecule has 0 aliphatic carbocycles. The Morgan fingerprint density at radius 1 is 1.91 bits per heavy atom. The summed E-state index contributed by atoms with van der Waals surface area (Å²) in [6.07, 6.45) is 0.133.